The molecule has 0 aliphatic carbocycles. The summed E-state index contributed by atoms with van der Waals surface area (Å²) in [6.07, 6.45) is 5.57. The highest BCUT2D eigenvalue weighted by Gasteiger charge is 2.36. The van der Waals surface area contributed by atoms with Gasteiger partial charge in [0, 0.05) is 6.42 Å². The van der Waals surface area contributed by atoms with Crippen LogP contribution in [0, 0.1) is 5.82 Å². The predicted octanol–water partition coefficient (Wildman–Crippen LogP) is 4.59. The van der Waals surface area contributed by atoms with Crippen LogP contribution in [0.2, 0.25) is 0 Å². The van der Waals surface area contributed by atoms with E-state index in [0.717, 1.165) is 16.8 Å². The minimum absolute atomic E-state index is 0.302. The Labute approximate surface area is 140 Å². The third-order valence-corrected chi connectivity index (χ3v) is 3.98. The van der Waals surface area contributed by atoms with Crippen LogP contribution in [0.4, 0.5) is 4.39 Å². The molecule has 1 N–H and O–H groups in total. The largest absolute Gasteiger partial charge is 0.359 e. The molecule has 1 unspecified atom stereocenters. The molecule has 3 nitrogen and oxygen atoms in total. The third-order valence-electron chi connectivity index (χ3n) is 3.98. The molecule has 0 aliphatic heterocycles. The van der Waals surface area contributed by atoms with E-state index in [4.69, 9.17) is 4.74 Å². The molecule has 0 spiro atoms. The summed E-state index contributed by atoms with van der Waals surface area (Å²) in [4.78, 5) is 7.22. The summed E-state index contributed by atoms with van der Waals surface area (Å²) in [7, 11) is 0. The molecule has 0 amide bonds. The Kier molecular flexibility index (Phi) is 4.87. The van der Waals surface area contributed by atoms with Crippen molar-refractivity contribution in [2.45, 2.75) is 18.6 Å². The fourth-order valence-corrected chi connectivity index (χ4v) is 2.80. The quantitative estimate of drug-likeness (QED) is 0.646. The Hall–Kier alpha value is -2.72. The monoisotopic (exact) mass is 322 g/mol. The molecule has 122 valence electrons. The Bertz CT molecular complexity index is 786. The normalized spacial score (nSPS) is 13.4. The van der Waals surface area contributed by atoms with E-state index < -0.39 is 5.60 Å². The number of rotatable bonds is 7. The lowest BCUT2D eigenvalue weighted by Gasteiger charge is -2.33. The summed E-state index contributed by atoms with van der Waals surface area (Å²) in [6, 6.07) is 16.3. The average molecular weight is 322 g/mol. The highest BCUT2D eigenvalue weighted by Crippen LogP contribution is 2.37. The van der Waals surface area contributed by atoms with E-state index in [1.165, 1.54) is 12.1 Å². The van der Waals surface area contributed by atoms with Crippen LogP contribution < -0.4 is 0 Å². The Morgan fingerprint density at radius 1 is 1.17 bits per heavy atom. The fourth-order valence-electron chi connectivity index (χ4n) is 2.80. The lowest BCUT2D eigenvalue weighted by Crippen LogP contribution is -2.31. The number of aromatic amines is 1. The first-order chi connectivity index (χ1) is 11.7. The zero-order valence-electron chi connectivity index (χ0n) is 13.3. The van der Waals surface area contributed by atoms with E-state index in [1.54, 1.807) is 24.7 Å². The zero-order valence-corrected chi connectivity index (χ0v) is 13.3. The first-order valence-corrected chi connectivity index (χ1v) is 7.78. The van der Waals surface area contributed by atoms with Gasteiger partial charge in [-0.2, -0.15) is 0 Å². The lowest BCUT2D eigenvalue weighted by atomic mass is 9.87. The van der Waals surface area contributed by atoms with Gasteiger partial charge in [0.25, 0.3) is 0 Å². The summed E-state index contributed by atoms with van der Waals surface area (Å²) in [5, 5.41) is 0. The van der Waals surface area contributed by atoms with E-state index in [-0.39, 0.29) is 5.82 Å². The van der Waals surface area contributed by atoms with Crippen molar-refractivity contribution in [3.8, 4) is 0 Å². The van der Waals surface area contributed by atoms with Gasteiger partial charge in [-0.15, -0.1) is 6.58 Å². The Balaban J connectivity index is 2.03. The number of ether oxygens (including phenoxy) is 1. The van der Waals surface area contributed by atoms with Crippen LogP contribution in [0.15, 0.2) is 79.8 Å². The second kappa shape index (κ2) is 7.23. The number of halogens is 1. The highest BCUT2D eigenvalue weighted by molar-refractivity contribution is 5.33. The molecule has 2 aromatic carbocycles. The molecule has 0 aliphatic rings. The average Bonchev–Trinajstić information content (AvgIpc) is 3.15. The Morgan fingerprint density at radius 2 is 2.00 bits per heavy atom. The summed E-state index contributed by atoms with van der Waals surface area (Å²) in [5.74, 6) is -0.302. The third kappa shape index (κ3) is 3.29. The summed E-state index contributed by atoms with van der Waals surface area (Å²) >= 11 is 0. The topological polar surface area (TPSA) is 37.9 Å². The number of imidazole rings is 1. The standard InChI is InChI=1S/C20H19FN2O/c1-2-11-20(19-13-22-15-23-19,17-9-6-10-18(21)12-17)24-14-16-7-4-3-5-8-16/h2-10,12-13,15H,1,11,14H2,(H,22,23). The second-order valence-corrected chi connectivity index (χ2v) is 5.57. The first kappa shape index (κ1) is 16.1. The van der Waals surface area contributed by atoms with Gasteiger partial charge in [0.2, 0.25) is 0 Å². The van der Waals surface area contributed by atoms with Gasteiger partial charge in [0.05, 0.1) is 24.8 Å². The Morgan fingerprint density at radius 3 is 2.67 bits per heavy atom. The molecule has 1 heterocycles. The maximum Gasteiger partial charge on any atom is 0.138 e. The second-order valence-electron chi connectivity index (χ2n) is 5.57. The molecule has 0 saturated carbocycles. The molecule has 3 aromatic rings. The molecular weight excluding hydrogens is 303 g/mol. The molecule has 1 aromatic heterocycles. The van der Waals surface area contributed by atoms with Gasteiger partial charge in [-0.3, -0.25) is 0 Å². The van der Waals surface area contributed by atoms with Crippen molar-refractivity contribution >= 4 is 0 Å². The number of benzene rings is 2. The van der Waals surface area contributed by atoms with Crippen molar-refractivity contribution in [1.82, 2.24) is 9.97 Å². The number of aromatic nitrogens is 2. The first-order valence-electron chi connectivity index (χ1n) is 7.78. The van der Waals surface area contributed by atoms with Gasteiger partial charge in [0.1, 0.15) is 11.4 Å². The van der Waals surface area contributed by atoms with Crippen LogP contribution in [0.5, 0.6) is 0 Å². The molecule has 0 saturated heterocycles. The van der Waals surface area contributed by atoms with E-state index in [0.29, 0.717) is 13.0 Å². The van der Waals surface area contributed by atoms with Crippen molar-refractivity contribution in [2.75, 3.05) is 0 Å². The summed E-state index contributed by atoms with van der Waals surface area (Å²) < 4.78 is 20.2. The van der Waals surface area contributed by atoms with Crippen LogP contribution in [-0.2, 0) is 16.9 Å². The molecule has 24 heavy (non-hydrogen) atoms. The molecule has 0 fully saturated rings. The molecule has 3 rings (SSSR count). The number of nitrogens with one attached hydrogen (secondary N) is 1. The smallest absolute Gasteiger partial charge is 0.138 e. The van der Waals surface area contributed by atoms with Gasteiger partial charge in [-0.25, -0.2) is 9.37 Å². The minimum Gasteiger partial charge on any atom is -0.359 e. The van der Waals surface area contributed by atoms with Crippen molar-refractivity contribution in [3.63, 3.8) is 0 Å². The fraction of sp³-hybridized carbons (Fsp3) is 0.150. The molecule has 4 heteroatoms. The molecule has 0 radical (unpaired) electrons. The SMILES string of the molecule is C=CCC(OCc1ccccc1)(c1cccc(F)c1)c1cnc[nH]1. The zero-order chi connectivity index (χ0) is 16.8. The van der Waals surface area contributed by atoms with Crippen LogP contribution in [0.3, 0.4) is 0 Å². The maximum absolute atomic E-state index is 13.8. The molecular formula is C20H19FN2O. The summed E-state index contributed by atoms with van der Waals surface area (Å²) in [5.41, 5.74) is 1.67. The number of nitrogens with zero attached hydrogens (tertiary/aromatic N) is 1. The van der Waals surface area contributed by atoms with Crippen molar-refractivity contribution in [3.05, 3.63) is 102 Å². The highest BCUT2D eigenvalue weighted by atomic mass is 19.1. The van der Waals surface area contributed by atoms with E-state index in [1.807, 2.05) is 36.4 Å². The van der Waals surface area contributed by atoms with Gasteiger partial charge < -0.3 is 9.72 Å². The van der Waals surface area contributed by atoms with Gasteiger partial charge in [-0.1, -0.05) is 48.5 Å². The number of hydrogen-bond donors (Lipinski definition) is 1. The number of H-pyrrole nitrogens is 1. The lowest BCUT2D eigenvalue weighted by molar-refractivity contribution is -0.0314. The summed E-state index contributed by atoms with van der Waals surface area (Å²) in [6.45, 7) is 4.24. The van der Waals surface area contributed by atoms with Gasteiger partial charge in [0.15, 0.2) is 0 Å². The van der Waals surface area contributed by atoms with E-state index in [2.05, 4.69) is 16.5 Å². The van der Waals surface area contributed by atoms with Crippen molar-refractivity contribution < 1.29 is 9.13 Å². The van der Waals surface area contributed by atoms with Crippen molar-refractivity contribution in [1.29, 1.82) is 0 Å². The maximum atomic E-state index is 13.8. The van der Waals surface area contributed by atoms with Crippen LogP contribution in [-0.4, -0.2) is 9.97 Å². The molecule has 0 bridgehead atoms. The van der Waals surface area contributed by atoms with E-state index >= 15 is 0 Å². The van der Waals surface area contributed by atoms with Crippen LogP contribution in [0.25, 0.3) is 0 Å². The van der Waals surface area contributed by atoms with Crippen molar-refractivity contribution in [2.24, 2.45) is 0 Å². The molecule has 1 atom stereocenters. The van der Waals surface area contributed by atoms with E-state index in [9.17, 15) is 4.39 Å². The predicted molar refractivity (Wildman–Crippen MR) is 91.8 cm³/mol. The van der Waals surface area contributed by atoms with Crippen LogP contribution >= 0.6 is 0 Å². The van der Waals surface area contributed by atoms with Crippen LogP contribution in [0.1, 0.15) is 23.2 Å². The minimum atomic E-state index is -0.865. The van der Waals surface area contributed by atoms with Gasteiger partial charge in [-0.05, 0) is 23.3 Å². The number of hydrogen-bond acceptors (Lipinski definition) is 2. The van der Waals surface area contributed by atoms with Gasteiger partial charge >= 0.3 is 0 Å².